The number of benzene rings is 2. The van der Waals surface area contributed by atoms with Gasteiger partial charge in [-0.2, -0.15) is 18.4 Å². The SMILES string of the molecule is CC(=O)OOc1ccc(N2C(=S)N(c3ccc(C#N)c(C(F)(F)F)c3)C(=O)C2(C)C)cc1F. The van der Waals surface area contributed by atoms with Crippen LogP contribution in [0.25, 0.3) is 0 Å². The summed E-state index contributed by atoms with van der Waals surface area (Å²) in [6.07, 6.45) is -4.83. The molecule has 2 aromatic rings. The molecule has 0 radical (unpaired) electrons. The van der Waals surface area contributed by atoms with Gasteiger partial charge in [-0.15, -0.1) is 0 Å². The molecule has 7 nitrogen and oxygen atoms in total. The van der Waals surface area contributed by atoms with Gasteiger partial charge in [-0.3, -0.25) is 19.5 Å². The van der Waals surface area contributed by atoms with Crippen molar-refractivity contribution in [1.82, 2.24) is 0 Å². The summed E-state index contributed by atoms with van der Waals surface area (Å²) in [7, 11) is 0. The Morgan fingerprint density at radius 3 is 2.33 bits per heavy atom. The Bertz CT molecular complexity index is 1210. The molecule has 1 heterocycles. The number of halogens is 4. The number of rotatable bonds is 4. The van der Waals surface area contributed by atoms with Crippen molar-refractivity contribution in [3.05, 3.63) is 53.3 Å². The zero-order chi connectivity index (χ0) is 24.7. The first-order valence-corrected chi connectivity index (χ1v) is 9.64. The maximum absolute atomic E-state index is 14.5. The van der Waals surface area contributed by atoms with E-state index in [1.165, 1.54) is 36.9 Å². The van der Waals surface area contributed by atoms with E-state index in [-0.39, 0.29) is 16.5 Å². The normalized spacial score (nSPS) is 15.5. The number of hydrogen-bond acceptors (Lipinski definition) is 6. The lowest BCUT2D eigenvalue weighted by Crippen LogP contribution is -2.44. The van der Waals surface area contributed by atoms with E-state index in [2.05, 4.69) is 9.78 Å². The first-order valence-electron chi connectivity index (χ1n) is 9.23. The topological polar surface area (TPSA) is 82.9 Å². The van der Waals surface area contributed by atoms with Crippen molar-refractivity contribution in [3.63, 3.8) is 0 Å². The summed E-state index contributed by atoms with van der Waals surface area (Å²) in [5.74, 6) is -2.80. The predicted molar refractivity (Wildman–Crippen MR) is 112 cm³/mol. The van der Waals surface area contributed by atoms with Crippen molar-refractivity contribution >= 4 is 40.6 Å². The molecule has 1 fully saturated rings. The molecule has 12 heteroatoms. The van der Waals surface area contributed by atoms with Gasteiger partial charge in [0.2, 0.25) is 5.75 Å². The molecule has 0 unspecified atom stereocenters. The molecular weight excluding hydrogens is 466 g/mol. The van der Waals surface area contributed by atoms with E-state index in [0.717, 1.165) is 30.0 Å². The van der Waals surface area contributed by atoms with E-state index in [1.807, 2.05) is 0 Å². The molecule has 0 aliphatic carbocycles. The highest BCUT2D eigenvalue weighted by Crippen LogP contribution is 2.40. The highest BCUT2D eigenvalue weighted by atomic mass is 32.1. The van der Waals surface area contributed by atoms with E-state index >= 15 is 0 Å². The molecule has 0 atom stereocenters. The van der Waals surface area contributed by atoms with Gasteiger partial charge in [0.25, 0.3) is 5.91 Å². The summed E-state index contributed by atoms with van der Waals surface area (Å²) in [6, 6.07) is 7.72. The molecule has 3 rings (SSSR count). The fraction of sp³-hybridized carbons (Fsp3) is 0.238. The smallest absolute Gasteiger partial charge is 0.303 e. The van der Waals surface area contributed by atoms with Gasteiger partial charge in [0.05, 0.1) is 22.9 Å². The highest BCUT2D eigenvalue weighted by molar-refractivity contribution is 7.81. The van der Waals surface area contributed by atoms with Gasteiger partial charge in [0.15, 0.2) is 10.9 Å². The molecule has 0 bridgehead atoms. The molecular formula is C21H15F4N3O4S. The maximum atomic E-state index is 14.5. The predicted octanol–water partition coefficient (Wildman–Crippen LogP) is 4.49. The number of nitriles is 1. The van der Waals surface area contributed by atoms with E-state index in [9.17, 15) is 27.2 Å². The molecule has 1 aliphatic heterocycles. The van der Waals surface area contributed by atoms with Crippen LogP contribution in [0.2, 0.25) is 0 Å². The molecule has 0 saturated carbocycles. The summed E-state index contributed by atoms with van der Waals surface area (Å²) in [6.45, 7) is 4.00. The van der Waals surface area contributed by atoms with Crippen molar-refractivity contribution in [2.75, 3.05) is 9.80 Å². The lowest BCUT2D eigenvalue weighted by Gasteiger charge is -2.29. The van der Waals surface area contributed by atoms with Crippen LogP contribution in [0.3, 0.4) is 0 Å². The number of anilines is 2. The second-order valence-electron chi connectivity index (χ2n) is 7.43. The van der Waals surface area contributed by atoms with Gasteiger partial charge in [0.1, 0.15) is 5.54 Å². The van der Waals surface area contributed by atoms with Crippen LogP contribution in [0.15, 0.2) is 36.4 Å². The van der Waals surface area contributed by atoms with Gasteiger partial charge in [-0.25, -0.2) is 9.18 Å². The molecule has 1 saturated heterocycles. The minimum atomic E-state index is -4.83. The Hall–Kier alpha value is -3.72. The third-order valence-electron chi connectivity index (χ3n) is 4.78. The van der Waals surface area contributed by atoms with E-state index < -0.39 is 46.3 Å². The Morgan fingerprint density at radius 1 is 1.15 bits per heavy atom. The summed E-state index contributed by atoms with van der Waals surface area (Å²) < 4.78 is 54.7. The van der Waals surface area contributed by atoms with Crippen LogP contribution < -0.4 is 14.7 Å². The van der Waals surface area contributed by atoms with Gasteiger partial charge in [-0.1, -0.05) is 0 Å². The quantitative estimate of drug-likeness (QED) is 0.275. The van der Waals surface area contributed by atoms with Crippen LogP contribution in [0.4, 0.5) is 28.9 Å². The third kappa shape index (κ3) is 4.31. The van der Waals surface area contributed by atoms with Crippen LogP contribution in [-0.4, -0.2) is 22.5 Å². The van der Waals surface area contributed by atoms with Gasteiger partial charge in [-0.05, 0) is 56.4 Å². The van der Waals surface area contributed by atoms with Crippen molar-refractivity contribution in [3.8, 4) is 11.8 Å². The van der Waals surface area contributed by atoms with E-state index in [0.29, 0.717) is 6.07 Å². The Balaban J connectivity index is 2.03. The second-order valence-corrected chi connectivity index (χ2v) is 7.80. The highest BCUT2D eigenvalue weighted by Gasteiger charge is 2.50. The number of carbonyl (C=O) groups excluding carboxylic acids is 2. The third-order valence-corrected chi connectivity index (χ3v) is 5.14. The Morgan fingerprint density at radius 2 is 1.79 bits per heavy atom. The van der Waals surface area contributed by atoms with Gasteiger partial charge < -0.3 is 4.90 Å². The average Bonchev–Trinajstić information content (AvgIpc) is 2.89. The summed E-state index contributed by atoms with van der Waals surface area (Å²) in [4.78, 5) is 35.0. The van der Waals surface area contributed by atoms with E-state index in [4.69, 9.17) is 17.5 Å². The summed E-state index contributed by atoms with van der Waals surface area (Å²) >= 11 is 5.37. The lowest BCUT2D eigenvalue weighted by atomic mass is 10.0. The number of alkyl halides is 3. The van der Waals surface area contributed by atoms with Crippen molar-refractivity contribution < 1.29 is 36.9 Å². The maximum Gasteiger partial charge on any atom is 0.417 e. The van der Waals surface area contributed by atoms with Crippen LogP contribution in [0.1, 0.15) is 31.9 Å². The van der Waals surface area contributed by atoms with Crippen molar-refractivity contribution in [2.45, 2.75) is 32.5 Å². The van der Waals surface area contributed by atoms with Gasteiger partial charge in [0, 0.05) is 18.7 Å². The van der Waals surface area contributed by atoms with Crippen LogP contribution >= 0.6 is 12.2 Å². The monoisotopic (exact) mass is 481 g/mol. The van der Waals surface area contributed by atoms with Gasteiger partial charge >= 0.3 is 12.1 Å². The molecule has 33 heavy (non-hydrogen) atoms. The fourth-order valence-electron chi connectivity index (χ4n) is 3.26. The standard InChI is InChI=1S/C21H15F4N3O4S/c1-11(29)31-32-17-7-6-14(9-16(17)22)28-19(33)27(18(30)20(28,2)3)13-5-4-12(10-26)15(8-13)21(23,24)25/h4-9H,1-3H3. The molecule has 0 spiro atoms. The fourth-order valence-corrected chi connectivity index (χ4v) is 3.78. The average molecular weight is 481 g/mol. The first kappa shape index (κ1) is 23.9. The number of carbonyl (C=O) groups is 2. The zero-order valence-electron chi connectivity index (χ0n) is 17.4. The van der Waals surface area contributed by atoms with Crippen molar-refractivity contribution in [1.29, 1.82) is 5.26 Å². The number of amides is 1. The van der Waals surface area contributed by atoms with Crippen LogP contribution in [0.5, 0.6) is 5.75 Å². The molecule has 172 valence electrons. The molecule has 1 amide bonds. The largest absolute Gasteiger partial charge is 0.417 e. The molecule has 2 aromatic carbocycles. The minimum Gasteiger partial charge on any atom is -0.303 e. The minimum absolute atomic E-state index is 0.109. The Labute approximate surface area is 190 Å². The number of thiocarbonyl (C=S) groups is 1. The first-order chi connectivity index (χ1) is 15.3. The number of hydrogen-bond donors (Lipinski definition) is 0. The summed E-state index contributed by atoms with van der Waals surface area (Å²) in [5.41, 5.74) is -3.30. The zero-order valence-corrected chi connectivity index (χ0v) is 18.2. The lowest BCUT2D eigenvalue weighted by molar-refractivity contribution is -0.211. The van der Waals surface area contributed by atoms with Crippen molar-refractivity contribution in [2.24, 2.45) is 0 Å². The Kier molecular flexibility index (Phi) is 6.04. The summed E-state index contributed by atoms with van der Waals surface area (Å²) in [5, 5.41) is 8.80. The molecule has 0 aromatic heterocycles. The molecule has 1 aliphatic rings. The number of nitrogens with zero attached hydrogens (tertiary/aromatic N) is 3. The van der Waals surface area contributed by atoms with E-state index in [1.54, 1.807) is 0 Å². The van der Waals surface area contributed by atoms with Crippen LogP contribution in [-0.2, 0) is 20.7 Å². The second kappa shape index (κ2) is 8.32. The van der Waals surface area contributed by atoms with Crippen LogP contribution in [0, 0.1) is 17.1 Å². The molecule has 0 N–H and O–H groups in total.